The molecular formula is C15H24N2O. The largest absolute Gasteiger partial charge is 0.352 e. The van der Waals surface area contributed by atoms with Crippen LogP contribution in [0.2, 0.25) is 0 Å². The Hall–Kier alpha value is -1.35. The number of carbonyl (C=O) groups excluding carboxylic acids is 1. The molecule has 100 valence electrons. The Balaban J connectivity index is 2.34. The van der Waals surface area contributed by atoms with Crippen molar-refractivity contribution in [2.24, 2.45) is 11.7 Å². The highest BCUT2D eigenvalue weighted by Gasteiger charge is 2.18. The minimum absolute atomic E-state index is 0.0504. The summed E-state index contributed by atoms with van der Waals surface area (Å²) in [6, 6.07) is 10.0. The number of aryl methyl sites for hydroxylation is 1. The van der Waals surface area contributed by atoms with Crippen LogP contribution in [-0.4, -0.2) is 18.0 Å². The second-order valence-electron chi connectivity index (χ2n) is 5.20. The SMILES string of the molecule is CC(CCc1ccccc1)NC(=O)C(N)C(C)C. The fourth-order valence-electron chi connectivity index (χ4n) is 1.74. The smallest absolute Gasteiger partial charge is 0.237 e. The van der Waals surface area contributed by atoms with Crippen LogP contribution in [-0.2, 0) is 11.2 Å². The molecule has 0 bridgehead atoms. The highest BCUT2D eigenvalue weighted by atomic mass is 16.2. The standard InChI is InChI=1S/C15H24N2O/c1-11(2)14(16)15(18)17-12(3)9-10-13-7-5-4-6-8-13/h4-8,11-12,14H,9-10,16H2,1-3H3,(H,17,18). The summed E-state index contributed by atoms with van der Waals surface area (Å²) in [5.41, 5.74) is 7.10. The molecule has 0 fully saturated rings. The van der Waals surface area contributed by atoms with Gasteiger partial charge >= 0.3 is 0 Å². The minimum Gasteiger partial charge on any atom is -0.352 e. The summed E-state index contributed by atoms with van der Waals surface area (Å²) in [6.07, 6.45) is 1.90. The van der Waals surface area contributed by atoms with Gasteiger partial charge in [0.1, 0.15) is 0 Å². The number of benzene rings is 1. The Labute approximate surface area is 110 Å². The van der Waals surface area contributed by atoms with Gasteiger partial charge in [-0.25, -0.2) is 0 Å². The number of nitrogens with two attached hydrogens (primary N) is 1. The van der Waals surface area contributed by atoms with Crippen LogP contribution in [0.1, 0.15) is 32.8 Å². The van der Waals surface area contributed by atoms with Crippen molar-refractivity contribution in [3.8, 4) is 0 Å². The molecule has 3 N–H and O–H groups in total. The molecule has 0 heterocycles. The van der Waals surface area contributed by atoms with Gasteiger partial charge in [-0.15, -0.1) is 0 Å². The maximum Gasteiger partial charge on any atom is 0.237 e. The van der Waals surface area contributed by atoms with Crippen LogP contribution >= 0.6 is 0 Å². The lowest BCUT2D eigenvalue weighted by Gasteiger charge is -2.19. The molecule has 0 aromatic heterocycles. The number of rotatable bonds is 6. The molecule has 0 radical (unpaired) electrons. The first-order chi connectivity index (χ1) is 8.50. The second-order valence-corrected chi connectivity index (χ2v) is 5.20. The van der Waals surface area contributed by atoms with Crippen LogP contribution < -0.4 is 11.1 Å². The maximum atomic E-state index is 11.8. The lowest BCUT2D eigenvalue weighted by Crippen LogP contribution is -2.47. The van der Waals surface area contributed by atoms with E-state index in [1.54, 1.807) is 0 Å². The van der Waals surface area contributed by atoms with Gasteiger partial charge in [0.05, 0.1) is 6.04 Å². The Morgan fingerprint density at radius 2 is 1.83 bits per heavy atom. The van der Waals surface area contributed by atoms with Crippen molar-refractivity contribution in [3.05, 3.63) is 35.9 Å². The average Bonchev–Trinajstić information content (AvgIpc) is 2.36. The molecule has 1 aromatic rings. The summed E-state index contributed by atoms with van der Waals surface area (Å²) < 4.78 is 0. The van der Waals surface area contributed by atoms with E-state index in [9.17, 15) is 4.79 Å². The minimum atomic E-state index is -0.413. The van der Waals surface area contributed by atoms with Crippen LogP contribution in [0.15, 0.2) is 30.3 Å². The number of amides is 1. The monoisotopic (exact) mass is 248 g/mol. The molecule has 1 aromatic carbocycles. The Morgan fingerprint density at radius 1 is 1.22 bits per heavy atom. The number of hydrogen-bond donors (Lipinski definition) is 2. The zero-order valence-electron chi connectivity index (χ0n) is 11.5. The highest BCUT2D eigenvalue weighted by molar-refractivity contribution is 5.81. The van der Waals surface area contributed by atoms with E-state index in [-0.39, 0.29) is 17.9 Å². The average molecular weight is 248 g/mol. The van der Waals surface area contributed by atoms with Crippen molar-refractivity contribution in [1.29, 1.82) is 0 Å². The van der Waals surface area contributed by atoms with Gasteiger partial charge in [0, 0.05) is 6.04 Å². The third-order valence-electron chi connectivity index (χ3n) is 3.12. The van der Waals surface area contributed by atoms with E-state index in [0.717, 1.165) is 12.8 Å². The van der Waals surface area contributed by atoms with Gasteiger partial charge in [0.15, 0.2) is 0 Å². The molecule has 0 spiro atoms. The topological polar surface area (TPSA) is 55.1 Å². The lowest BCUT2D eigenvalue weighted by atomic mass is 10.0. The molecule has 0 aliphatic heterocycles. The first-order valence-electron chi connectivity index (χ1n) is 6.60. The van der Waals surface area contributed by atoms with Crippen molar-refractivity contribution >= 4 is 5.91 Å². The van der Waals surface area contributed by atoms with Crippen LogP contribution in [0.3, 0.4) is 0 Å². The fraction of sp³-hybridized carbons (Fsp3) is 0.533. The predicted octanol–water partition coefficient (Wildman–Crippen LogP) is 2.11. The summed E-state index contributed by atoms with van der Waals surface area (Å²) in [5, 5.41) is 2.97. The Bertz CT molecular complexity index is 362. The molecule has 1 rings (SSSR count). The van der Waals surface area contributed by atoms with E-state index in [4.69, 9.17) is 5.73 Å². The van der Waals surface area contributed by atoms with E-state index < -0.39 is 6.04 Å². The van der Waals surface area contributed by atoms with E-state index in [1.807, 2.05) is 39.0 Å². The maximum absolute atomic E-state index is 11.8. The molecule has 1 amide bonds. The zero-order chi connectivity index (χ0) is 13.5. The number of carbonyl (C=O) groups is 1. The number of hydrogen-bond acceptors (Lipinski definition) is 2. The van der Waals surface area contributed by atoms with Crippen molar-refractivity contribution in [3.63, 3.8) is 0 Å². The van der Waals surface area contributed by atoms with Gasteiger partial charge in [-0.3, -0.25) is 4.79 Å². The molecule has 2 atom stereocenters. The lowest BCUT2D eigenvalue weighted by molar-refractivity contribution is -0.123. The van der Waals surface area contributed by atoms with Crippen molar-refractivity contribution in [1.82, 2.24) is 5.32 Å². The highest BCUT2D eigenvalue weighted by Crippen LogP contribution is 2.05. The Kier molecular flexibility index (Phi) is 5.86. The molecule has 3 nitrogen and oxygen atoms in total. The molecule has 0 saturated carbocycles. The van der Waals surface area contributed by atoms with Crippen LogP contribution in [0.5, 0.6) is 0 Å². The van der Waals surface area contributed by atoms with Gasteiger partial charge in [-0.1, -0.05) is 44.2 Å². The molecule has 0 aliphatic rings. The predicted molar refractivity (Wildman–Crippen MR) is 75.2 cm³/mol. The Morgan fingerprint density at radius 3 is 2.39 bits per heavy atom. The molecule has 3 heteroatoms. The molecule has 2 unspecified atom stereocenters. The van der Waals surface area contributed by atoms with E-state index in [1.165, 1.54) is 5.56 Å². The number of nitrogens with one attached hydrogen (secondary N) is 1. The molecule has 0 aliphatic carbocycles. The van der Waals surface area contributed by atoms with Gasteiger partial charge in [-0.2, -0.15) is 0 Å². The van der Waals surface area contributed by atoms with E-state index in [0.29, 0.717) is 0 Å². The van der Waals surface area contributed by atoms with Crippen LogP contribution in [0, 0.1) is 5.92 Å². The third kappa shape index (κ3) is 4.88. The molecular weight excluding hydrogens is 224 g/mol. The third-order valence-corrected chi connectivity index (χ3v) is 3.12. The summed E-state index contributed by atoms with van der Waals surface area (Å²) in [4.78, 5) is 11.8. The van der Waals surface area contributed by atoms with Gasteiger partial charge in [0.2, 0.25) is 5.91 Å². The fourth-order valence-corrected chi connectivity index (χ4v) is 1.74. The van der Waals surface area contributed by atoms with Crippen LogP contribution in [0.25, 0.3) is 0 Å². The second kappa shape index (κ2) is 7.17. The van der Waals surface area contributed by atoms with Gasteiger partial charge in [-0.05, 0) is 31.2 Å². The van der Waals surface area contributed by atoms with Crippen LogP contribution in [0.4, 0.5) is 0 Å². The van der Waals surface area contributed by atoms with Gasteiger partial charge < -0.3 is 11.1 Å². The normalized spacial score (nSPS) is 14.3. The van der Waals surface area contributed by atoms with Crippen molar-refractivity contribution in [2.75, 3.05) is 0 Å². The molecule has 18 heavy (non-hydrogen) atoms. The first-order valence-corrected chi connectivity index (χ1v) is 6.60. The summed E-state index contributed by atoms with van der Waals surface area (Å²) >= 11 is 0. The summed E-state index contributed by atoms with van der Waals surface area (Å²) in [7, 11) is 0. The van der Waals surface area contributed by atoms with Gasteiger partial charge in [0.25, 0.3) is 0 Å². The van der Waals surface area contributed by atoms with Crippen molar-refractivity contribution in [2.45, 2.75) is 45.7 Å². The van der Waals surface area contributed by atoms with E-state index >= 15 is 0 Å². The van der Waals surface area contributed by atoms with Crippen molar-refractivity contribution < 1.29 is 4.79 Å². The molecule has 0 saturated heterocycles. The quantitative estimate of drug-likeness (QED) is 0.810. The summed E-state index contributed by atoms with van der Waals surface area (Å²) in [5.74, 6) is 0.122. The zero-order valence-corrected chi connectivity index (χ0v) is 11.5. The van der Waals surface area contributed by atoms with E-state index in [2.05, 4.69) is 17.4 Å². The summed E-state index contributed by atoms with van der Waals surface area (Å²) in [6.45, 7) is 5.94. The first kappa shape index (κ1) is 14.7.